The second kappa shape index (κ2) is 5.50. The first-order chi connectivity index (χ1) is 9.06. The summed E-state index contributed by atoms with van der Waals surface area (Å²) in [6.07, 6.45) is 2.95. The SMILES string of the molecule is O=C(c1ccnc(Cl)c1[N+](=O)[O-])N(CCO)C1CC1. The maximum absolute atomic E-state index is 12.3. The molecule has 1 aliphatic rings. The Balaban J connectivity index is 2.37. The molecule has 1 amide bonds. The number of hydrogen-bond donors (Lipinski definition) is 1. The Labute approximate surface area is 114 Å². The van der Waals surface area contributed by atoms with E-state index in [0.717, 1.165) is 12.8 Å². The smallest absolute Gasteiger partial charge is 0.319 e. The number of carbonyl (C=O) groups is 1. The van der Waals surface area contributed by atoms with Crippen molar-refractivity contribution in [3.8, 4) is 0 Å². The average Bonchev–Trinajstić information content (AvgIpc) is 3.18. The van der Waals surface area contributed by atoms with Crippen molar-refractivity contribution in [1.82, 2.24) is 9.88 Å². The predicted octanol–water partition coefficient (Wildman–Crippen LogP) is 1.24. The molecule has 0 unspecified atom stereocenters. The van der Waals surface area contributed by atoms with Crippen LogP contribution in [0.2, 0.25) is 5.15 Å². The number of nitro groups is 1. The van der Waals surface area contributed by atoms with E-state index < -0.39 is 16.5 Å². The summed E-state index contributed by atoms with van der Waals surface area (Å²) in [5, 5.41) is 19.6. The summed E-state index contributed by atoms with van der Waals surface area (Å²) in [6.45, 7) is -0.0323. The molecule has 0 bridgehead atoms. The first kappa shape index (κ1) is 13.7. The van der Waals surface area contributed by atoms with Crippen molar-refractivity contribution in [3.63, 3.8) is 0 Å². The number of aliphatic hydroxyl groups excluding tert-OH is 1. The fraction of sp³-hybridized carbons (Fsp3) is 0.455. The molecular weight excluding hydrogens is 274 g/mol. The van der Waals surface area contributed by atoms with E-state index in [4.69, 9.17) is 16.7 Å². The van der Waals surface area contributed by atoms with Crippen LogP contribution in [-0.4, -0.2) is 45.0 Å². The highest BCUT2D eigenvalue weighted by molar-refractivity contribution is 6.32. The zero-order valence-corrected chi connectivity index (χ0v) is 10.7. The van der Waals surface area contributed by atoms with Gasteiger partial charge in [-0.1, -0.05) is 11.6 Å². The van der Waals surface area contributed by atoms with Crippen molar-refractivity contribution < 1.29 is 14.8 Å². The maximum Gasteiger partial charge on any atom is 0.319 e. The van der Waals surface area contributed by atoms with Gasteiger partial charge in [-0.2, -0.15) is 0 Å². The van der Waals surface area contributed by atoms with Crippen LogP contribution in [0.1, 0.15) is 23.2 Å². The van der Waals surface area contributed by atoms with Crippen molar-refractivity contribution in [3.05, 3.63) is 33.1 Å². The molecule has 0 saturated heterocycles. The molecule has 2 rings (SSSR count). The third-order valence-corrected chi connectivity index (χ3v) is 3.16. The van der Waals surface area contributed by atoms with Gasteiger partial charge in [0.15, 0.2) is 0 Å². The van der Waals surface area contributed by atoms with Gasteiger partial charge in [0.05, 0.1) is 11.5 Å². The number of aliphatic hydroxyl groups is 1. The molecule has 1 N–H and O–H groups in total. The van der Waals surface area contributed by atoms with Gasteiger partial charge < -0.3 is 10.0 Å². The molecule has 1 heterocycles. The molecule has 8 heteroatoms. The van der Waals surface area contributed by atoms with Crippen molar-refractivity contribution in [1.29, 1.82) is 0 Å². The minimum Gasteiger partial charge on any atom is -0.395 e. The van der Waals surface area contributed by atoms with Gasteiger partial charge in [-0.15, -0.1) is 0 Å². The van der Waals surface area contributed by atoms with Gasteiger partial charge in [-0.3, -0.25) is 14.9 Å². The Morgan fingerprint density at radius 1 is 1.63 bits per heavy atom. The Morgan fingerprint density at radius 3 is 2.84 bits per heavy atom. The number of halogens is 1. The summed E-state index contributed by atoms with van der Waals surface area (Å²) in [4.78, 5) is 27.6. The molecule has 0 atom stereocenters. The molecule has 7 nitrogen and oxygen atoms in total. The highest BCUT2D eigenvalue weighted by atomic mass is 35.5. The van der Waals surface area contributed by atoms with Gasteiger partial charge in [-0.05, 0) is 18.9 Å². The Kier molecular flexibility index (Phi) is 3.96. The molecule has 0 aromatic carbocycles. The van der Waals surface area contributed by atoms with Gasteiger partial charge in [0, 0.05) is 18.8 Å². The van der Waals surface area contributed by atoms with Crippen LogP contribution in [0.3, 0.4) is 0 Å². The third-order valence-electron chi connectivity index (χ3n) is 2.88. The summed E-state index contributed by atoms with van der Waals surface area (Å²) in [5.74, 6) is -0.493. The van der Waals surface area contributed by atoms with Crippen molar-refractivity contribution >= 4 is 23.2 Å². The van der Waals surface area contributed by atoms with Gasteiger partial charge in [0.1, 0.15) is 5.56 Å². The normalized spacial score (nSPS) is 14.2. The van der Waals surface area contributed by atoms with Gasteiger partial charge in [-0.25, -0.2) is 4.98 Å². The van der Waals surface area contributed by atoms with E-state index >= 15 is 0 Å². The van der Waals surface area contributed by atoms with E-state index in [1.807, 2.05) is 0 Å². The number of hydrogen-bond acceptors (Lipinski definition) is 5. The van der Waals surface area contributed by atoms with Crippen molar-refractivity contribution in [2.75, 3.05) is 13.2 Å². The zero-order chi connectivity index (χ0) is 14.0. The lowest BCUT2D eigenvalue weighted by atomic mass is 10.2. The minimum absolute atomic E-state index is 0.0474. The summed E-state index contributed by atoms with van der Waals surface area (Å²) < 4.78 is 0. The summed E-state index contributed by atoms with van der Waals surface area (Å²) in [6, 6.07) is 1.32. The van der Waals surface area contributed by atoms with Crippen LogP contribution in [0.4, 0.5) is 5.69 Å². The van der Waals surface area contributed by atoms with Crippen LogP contribution in [0.25, 0.3) is 0 Å². The molecule has 0 spiro atoms. The van der Waals surface area contributed by atoms with Crippen LogP contribution in [0.5, 0.6) is 0 Å². The predicted molar refractivity (Wildman–Crippen MR) is 67.0 cm³/mol. The largest absolute Gasteiger partial charge is 0.395 e. The molecular formula is C11H12ClN3O4. The molecule has 1 saturated carbocycles. The standard InChI is InChI=1S/C11H12ClN3O4/c12-10-9(15(18)19)8(3-4-13-10)11(17)14(5-6-16)7-1-2-7/h3-4,7,16H,1-2,5-6H2. The van der Waals surface area contributed by atoms with E-state index in [-0.39, 0.29) is 29.9 Å². The minimum atomic E-state index is -0.716. The Bertz CT molecular complexity index is 519. The van der Waals surface area contributed by atoms with Crippen LogP contribution < -0.4 is 0 Å². The van der Waals surface area contributed by atoms with Crippen molar-refractivity contribution in [2.24, 2.45) is 0 Å². The molecule has 1 aromatic heterocycles. The molecule has 19 heavy (non-hydrogen) atoms. The van der Waals surface area contributed by atoms with E-state index in [9.17, 15) is 14.9 Å². The van der Waals surface area contributed by atoms with E-state index in [1.165, 1.54) is 17.2 Å². The van der Waals surface area contributed by atoms with Crippen LogP contribution in [0.15, 0.2) is 12.3 Å². The first-order valence-electron chi connectivity index (χ1n) is 5.77. The Hall–Kier alpha value is -1.73. The number of amides is 1. The second-order valence-corrected chi connectivity index (χ2v) is 4.57. The molecule has 1 aliphatic carbocycles. The molecule has 0 aliphatic heterocycles. The topological polar surface area (TPSA) is 96.6 Å². The second-order valence-electron chi connectivity index (χ2n) is 4.21. The van der Waals surface area contributed by atoms with E-state index in [2.05, 4.69) is 4.98 Å². The lowest BCUT2D eigenvalue weighted by Crippen LogP contribution is -2.35. The first-order valence-corrected chi connectivity index (χ1v) is 6.14. The summed E-state index contributed by atoms with van der Waals surface area (Å²) >= 11 is 5.67. The van der Waals surface area contributed by atoms with Crippen LogP contribution in [0, 0.1) is 10.1 Å². The summed E-state index contributed by atoms with van der Waals surface area (Å²) in [7, 11) is 0. The quantitative estimate of drug-likeness (QED) is 0.499. The van der Waals surface area contributed by atoms with Gasteiger partial charge in [0.25, 0.3) is 5.91 Å². The number of pyridine rings is 1. The summed E-state index contributed by atoms with van der Waals surface area (Å²) in [5.41, 5.74) is -0.580. The molecule has 1 aromatic rings. The molecule has 1 fully saturated rings. The molecule has 0 radical (unpaired) electrons. The lowest BCUT2D eigenvalue weighted by Gasteiger charge is -2.21. The zero-order valence-electron chi connectivity index (χ0n) is 9.95. The van der Waals surface area contributed by atoms with E-state index in [1.54, 1.807) is 0 Å². The maximum atomic E-state index is 12.3. The third kappa shape index (κ3) is 2.82. The highest BCUT2D eigenvalue weighted by Crippen LogP contribution is 2.32. The monoisotopic (exact) mass is 285 g/mol. The number of aromatic nitrogens is 1. The fourth-order valence-electron chi connectivity index (χ4n) is 1.87. The molecule has 102 valence electrons. The van der Waals surface area contributed by atoms with Gasteiger partial charge >= 0.3 is 5.69 Å². The number of nitrogens with zero attached hydrogens (tertiary/aromatic N) is 3. The fourth-order valence-corrected chi connectivity index (χ4v) is 2.10. The van der Waals surface area contributed by atoms with Gasteiger partial charge in [0.2, 0.25) is 5.15 Å². The Morgan fingerprint density at radius 2 is 2.32 bits per heavy atom. The van der Waals surface area contributed by atoms with E-state index in [0.29, 0.717) is 0 Å². The lowest BCUT2D eigenvalue weighted by molar-refractivity contribution is -0.385. The van der Waals surface area contributed by atoms with Crippen molar-refractivity contribution in [2.45, 2.75) is 18.9 Å². The highest BCUT2D eigenvalue weighted by Gasteiger charge is 2.36. The average molecular weight is 286 g/mol. The van der Waals surface area contributed by atoms with Crippen LogP contribution >= 0.6 is 11.6 Å². The number of rotatable bonds is 5. The number of carbonyl (C=O) groups excluding carboxylic acids is 1. The van der Waals surface area contributed by atoms with Crippen LogP contribution in [-0.2, 0) is 0 Å².